The van der Waals surface area contributed by atoms with Gasteiger partial charge in [-0.05, 0) is 54.2 Å². The summed E-state index contributed by atoms with van der Waals surface area (Å²) in [7, 11) is 1.44. The fourth-order valence-electron chi connectivity index (χ4n) is 4.97. The van der Waals surface area contributed by atoms with Gasteiger partial charge in [0.2, 0.25) is 5.88 Å². The van der Waals surface area contributed by atoms with Crippen LogP contribution >= 0.6 is 0 Å². The van der Waals surface area contributed by atoms with Crippen LogP contribution in [0.3, 0.4) is 0 Å². The quantitative estimate of drug-likeness (QED) is 0.349. The molecule has 7 nitrogen and oxygen atoms in total. The van der Waals surface area contributed by atoms with Crippen molar-refractivity contribution in [2.75, 3.05) is 17.7 Å². The van der Waals surface area contributed by atoms with Gasteiger partial charge in [-0.1, -0.05) is 70.4 Å². The molecule has 0 radical (unpaired) electrons. The van der Waals surface area contributed by atoms with E-state index in [4.69, 9.17) is 9.47 Å². The number of aromatic nitrogens is 1. The van der Waals surface area contributed by atoms with E-state index in [0.29, 0.717) is 23.0 Å². The van der Waals surface area contributed by atoms with E-state index in [1.165, 1.54) is 7.11 Å². The molecule has 194 valence electrons. The first-order chi connectivity index (χ1) is 17.7. The fraction of sp³-hybridized carbons (Fsp3) is 0.367. The van der Waals surface area contributed by atoms with Crippen LogP contribution in [0.5, 0.6) is 11.6 Å². The maximum atomic E-state index is 12.8. The Morgan fingerprint density at radius 2 is 1.59 bits per heavy atom. The smallest absolute Gasteiger partial charge is 0.323 e. The number of urea groups is 1. The van der Waals surface area contributed by atoms with E-state index in [1.54, 1.807) is 18.3 Å². The van der Waals surface area contributed by atoms with Gasteiger partial charge < -0.3 is 20.1 Å². The molecule has 2 amide bonds. The zero-order valence-corrected chi connectivity index (χ0v) is 22.0. The van der Waals surface area contributed by atoms with Crippen molar-refractivity contribution in [1.29, 1.82) is 0 Å². The first-order valence-electron chi connectivity index (χ1n) is 12.7. The lowest BCUT2D eigenvalue weighted by Gasteiger charge is -2.35. The molecule has 37 heavy (non-hydrogen) atoms. The van der Waals surface area contributed by atoms with Crippen LogP contribution in [0.1, 0.15) is 64.0 Å². The highest BCUT2D eigenvalue weighted by atomic mass is 16.5. The summed E-state index contributed by atoms with van der Waals surface area (Å²) < 4.78 is 11.3. The van der Waals surface area contributed by atoms with Crippen molar-refractivity contribution < 1.29 is 19.1 Å². The molecule has 2 N–H and O–H groups in total. The maximum absolute atomic E-state index is 12.8. The topological polar surface area (TPSA) is 89.5 Å². The Morgan fingerprint density at radius 1 is 0.892 bits per heavy atom. The summed E-state index contributed by atoms with van der Waals surface area (Å²) in [5, 5.41) is 5.69. The van der Waals surface area contributed by atoms with Gasteiger partial charge in [-0.25, -0.2) is 9.78 Å². The third kappa shape index (κ3) is 5.93. The van der Waals surface area contributed by atoms with Crippen molar-refractivity contribution in [2.45, 2.75) is 63.7 Å². The number of carbonyl (C=O) groups is 2. The number of rotatable bonds is 6. The number of methoxy groups -OCH3 is 1. The number of nitrogens with zero attached hydrogens (tertiary/aromatic N) is 1. The predicted molar refractivity (Wildman–Crippen MR) is 145 cm³/mol. The minimum absolute atomic E-state index is 0.118. The molecule has 1 aliphatic rings. The molecule has 1 heterocycles. The average Bonchev–Trinajstić information content (AvgIpc) is 2.90. The molecule has 2 aromatic carbocycles. The van der Waals surface area contributed by atoms with E-state index in [9.17, 15) is 9.59 Å². The highest BCUT2D eigenvalue weighted by Crippen LogP contribution is 2.41. The fourth-order valence-corrected chi connectivity index (χ4v) is 4.97. The summed E-state index contributed by atoms with van der Waals surface area (Å²) in [5.41, 5.74) is 2.30. The molecular weight excluding hydrogens is 466 g/mol. The summed E-state index contributed by atoms with van der Waals surface area (Å²) in [4.78, 5) is 29.9. The largest absolute Gasteiger partial charge is 0.468 e. The summed E-state index contributed by atoms with van der Waals surface area (Å²) in [6, 6.07) is 18.3. The molecule has 0 bridgehead atoms. The summed E-state index contributed by atoms with van der Waals surface area (Å²) in [6.07, 6.45) is 6.28. The van der Waals surface area contributed by atoms with E-state index in [-0.39, 0.29) is 11.4 Å². The molecule has 0 spiro atoms. The van der Waals surface area contributed by atoms with E-state index in [1.807, 2.05) is 48.5 Å². The van der Waals surface area contributed by atoms with E-state index >= 15 is 0 Å². The number of para-hydroxylation sites is 1. The molecule has 7 heteroatoms. The molecule has 1 aromatic heterocycles. The number of esters is 1. The predicted octanol–water partition coefficient (Wildman–Crippen LogP) is 7.19. The van der Waals surface area contributed by atoms with E-state index in [2.05, 4.69) is 36.4 Å². The second kappa shape index (κ2) is 11.0. The van der Waals surface area contributed by atoms with Gasteiger partial charge in [-0.15, -0.1) is 0 Å². The van der Waals surface area contributed by atoms with Crippen LogP contribution in [0.25, 0.3) is 0 Å². The number of ether oxygens (including phenoxy) is 2. The van der Waals surface area contributed by atoms with Gasteiger partial charge in [0.05, 0.1) is 12.5 Å². The number of amides is 2. The third-order valence-electron chi connectivity index (χ3n) is 6.90. The Balaban J connectivity index is 1.47. The number of anilines is 2. The standard InChI is InChI=1S/C30H35N3O4/c1-29(2,3)23-11-6-7-13-25(23)37-26-24(12-10-20-31-26)33-28(35)32-22-16-14-21(15-17-22)30(27(34)36-4)18-8-5-9-19-30/h6-7,10-17,20H,5,8-9,18-19H2,1-4H3,(H2,32,33,35). The Labute approximate surface area is 218 Å². The van der Waals surface area contributed by atoms with Crippen LogP contribution in [-0.4, -0.2) is 24.1 Å². The highest BCUT2D eigenvalue weighted by molar-refractivity contribution is 6.00. The van der Waals surface area contributed by atoms with Crippen molar-refractivity contribution in [3.63, 3.8) is 0 Å². The molecule has 1 fully saturated rings. The molecule has 0 atom stereocenters. The highest BCUT2D eigenvalue weighted by Gasteiger charge is 2.42. The zero-order chi connectivity index (χ0) is 26.5. The van der Waals surface area contributed by atoms with Gasteiger partial charge in [0.15, 0.2) is 0 Å². The maximum Gasteiger partial charge on any atom is 0.323 e. The second-order valence-corrected chi connectivity index (χ2v) is 10.5. The lowest BCUT2D eigenvalue weighted by molar-refractivity contribution is -0.149. The van der Waals surface area contributed by atoms with Crippen LogP contribution in [0, 0.1) is 0 Å². The molecule has 0 saturated heterocycles. The summed E-state index contributed by atoms with van der Waals surface area (Å²) >= 11 is 0. The van der Waals surface area contributed by atoms with Crippen LogP contribution in [0.4, 0.5) is 16.2 Å². The Kier molecular flexibility index (Phi) is 7.81. The molecule has 0 unspecified atom stereocenters. The van der Waals surface area contributed by atoms with Crippen molar-refractivity contribution in [3.05, 3.63) is 78.0 Å². The van der Waals surface area contributed by atoms with E-state index < -0.39 is 11.4 Å². The van der Waals surface area contributed by atoms with Gasteiger partial charge in [0.1, 0.15) is 11.4 Å². The van der Waals surface area contributed by atoms with Gasteiger partial charge in [0.25, 0.3) is 0 Å². The molecule has 3 aromatic rings. The number of hydrogen-bond acceptors (Lipinski definition) is 5. The number of benzene rings is 2. The average molecular weight is 502 g/mol. The van der Waals surface area contributed by atoms with Crippen LogP contribution in [0.2, 0.25) is 0 Å². The zero-order valence-electron chi connectivity index (χ0n) is 22.0. The third-order valence-corrected chi connectivity index (χ3v) is 6.90. The normalized spacial score (nSPS) is 14.9. The van der Waals surface area contributed by atoms with Crippen LogP contribution in [-0.2, 0) is 20.4 Å². The SMILES string of the molecule is COC(=O)C1(c2ccc(NC(=O)Nc3cccnc3Oc3ccccc3C(C)(C)C)cc2)CCCCC1. The van der Waals surface area contributed by atoms with Gasteiger partial charge in [-0.3, -0.25) is 4.79 Å². The molecule has 1 aliphatic carbocycles. The van der Waals surface area contributed by atoms with Crippen molar-refractivity contribution in [1.82, 2.24) is 4.98 Å². The van der Waals surface area contributed by atoms with Gasteiger partial charge in [0, 0.05) is 17.4 Å². The van der Waals surface area contributed by atoms with Crippen LogP contribution < -0.4 is 15.4 Å². The molecule has 1 saturated carbocycles. The number of carbonyl (C=O) groups excluding carboxylic acids is 2. The number of nitrogens with one attached hydrogen (secondary N) is 2. The molecule has 4 rings (SSSR count). The minimum Gasteiger partial charge on any atom is -0.468 e. The lowest BCUT2D eigenvalue weighted by Crippen LogP contribution is -2.38. The first-order valence-corrected chi connectivity index (χ1v) is 12.7. The lowest BCUT2D eigenvalue weighted by atomic mass is 9.69. The van der Waals surface area contributed by atoms with Crippen LogP contribution in [0.15, 0.2) is 66.9 Å². The van der Waals surface area contributed by atoms with E-state index in [0.717, 1.165) is 43.2 Å². The second-order valence-electron chi connectivity index (χ2n) is 10.5. The van der Waals surface area contributed by atoms with Gasteiger partial charge in [-0.2, -0.15) is 0 Å². The van der Waals surface area contributed by atoms with Crippen molar-refractivity contribution >= 4 is 23.4 Å². The van der Waals surface area contributed by atoms with Crippen molar-refractivity contribution in [3.8, 4) is 11.6 Å². The Hall–Kier alpha value is -3.87. The minimum atomic E-state index is -0.612. The summed E-state index contributed by atoms with van der Waals surface area (Å²) in [5.74, 6) is 0.805. The molecule has 0 aliphatic heterocycles. The first kappa shape index (κ1) is 26.2. The van der Waals surface area contributed by atoms with Gasteiger partial charge >= 0.3 is 12.0 Å². The Morgan fingerprint density at radius 3 is 2.27 bits per heavy atom. The number of hydrogen-bond donors (Lipinski definition) is 2. The van der Waals surface area contributed by atoms with Crippen molar-refractivity contribution in [2.24, 2.45) is 0 Å². The Bertz CT molecular complexity index is 1240. The summed E-state index contributed by atoms with van der Waals surface area (Å²) in [6.45, 7) is 6.35. The monoisotopic (exact) mass is 501 g/mol. The number of pyridine rings is 1. The molecular formula is C30H35N3O4.